The maximum atomic E-state index is 12.1. The van der Waals surface area contributed by atoms with Gasteiger partial charge in [-0.2, -0.15) is 5.26 Å². The molecule has 3 aromatic carbocycles. The minimum atomic E-state index is -0.452. The van der Waals surface area contributed by atoms with Gasteiger partial charge in [-0.25, -0.2) is 4.79 Å². The second kappa shape index (κ2) is 8.15. The molecule has 0 N–H and O–H groups in total. The first-order valence-electron chi connectivity index (χ1n) is 7.91. The molecule has 0 saturated carbocycles. The molecule has 0 bridgehead atoms. The number of carbonyl (C=O) groups excluding carboxylic acids is 1. The Kier molecular flexibility index (Phi) is 5.48. The number of rotatable bonds is 4. The lowest BCUT2D eigenvalue weighted by atomic mass is 10.0. The van der Waals surface area contributed by atoms with Crippen molar-refractivity contribution in [3.8, 4) is 11.8 Å². The van der Waals surface area contributed by atoms with Crippen molar-refractivity contribution in [3.05, 3.63) is 101 Å². The van der Waals surface area contributed by atoms with Gasteiger partial charge in [-0.05, 0) is 53.6 Å². The topological polar surface area (TPSA) is 50.1 Å². The Labute approximate surface area is 156 Å². The lowest BCUT2D eigenvalue weighted by Gasteiger charge is -2.05. The Hall–Kier alpha value is -3.35. The van der Waals surface area contributed by atoms with Gasteiger partial charge in [0.2, 0.25) is 0 Å². The van der Waals surface area contributed by atoms with Crippen molar-refractivity contribution in [3.63, 3.8) is 0 Å². The van der Waals surface area contributed by atoms with Gasteiger partial charge in [-0.15, -0.1) is 0 Å². The minimum absolute atomic E-state index is 0.425. The Morgan fingerprint density at radius 2 is 1.54 bits per heavy atom. The average Bonchev–Trinajstić information content (AvgIpc) is 2.68. The van der Waals surface area contributed by atoms with E-state index in [1.165, 1.54) is 0 Å². The van der Waals surface area contributed by atoms with Crippen LogP contribution in [0.15, 0.2) is 78.9 Å². The summed E-state index contributed by atoms with van der Waals surface area (Å²) in [5.74, 6) is -0.0210. The van der Waals surface area contributed by atoms with Crippen molar-refractivity contribution in [2.24, 2.45) is 0 Å². The van der Waals surface area contributed by atoms with Gasteiger partial charge in [-0.1, -0.05) is 54.1 Å². The molecular weight excluding hydrogens is 346 g/mol. The normalized spacial score (nSPS) is 10.8. The van der Waals surface area contributed by atoms with Crippen LogP contribution in [0.25, 0.3) is 11.6 Å². The summed E-state index contributed by atoms with van der Waals surface area (Å²) in [7, 11) is 0. The van der Waals surface area contributed by atoms with E-state index in [4.69, 9.17) is 16.3 Å². The maximum absolute atomic E-state index is 12.1. The van der Waals surface area contributed by atoms with Crippen molar-refractivity contribution in [1.82, 2.24) is 0 Å². The average molecular weight is 360 g/mol. The largest absolute Gasteiger partial charge is 0.423 e. The summed E-state index contributed by atoms with van der Waals surface area (Å²) < 4.78 is 5.34. The predicted molar refractivity (Wildman–Crippen MR) is 103 cm³/mol. The van der Waals surface area contributed by atoms with Crippen molar-refractivity contribution in [2.75, 3.05) is 0 Å². The lowest BCUT2D eigenvalue weighted by Crippen LogP contribution is -2.08. The number of hydrogen-bond donors (Lipinski definition) is 0. The zero-order chi connectivity index (χ0) is 18.4. The second-order valence-corrected chi connectivity index (χ2v) is 5.94. The number of nitriles is 1. The van der Waals surface area contributed by atoms with Gasteiger partial charge in [0.15, 0.2) is 0 Å². The van der Waals surface area contributed by atoms with Crippen LogP contribution < -0.4 is 4.74 Å². The van der Waals surface area contributed by atoms with Crippen LogP contribution in [-0.2, 0) is 0 Å². The zero-order valence-electron chi connectivity index (χ0n) is 13.7. The van der Waals surface area contributed by atoms with Gasteiger partial charge >= 0.3 is 5.97 Å². The van der Waals surface area contributed by atoms with E-state index >= 15 is 0 Å². The highest BCUT2D eigenvalue weighted by atomic mass is 35.5. The molecule has 0 fully saturated rings. The smallest absolute Gasteiger partial charge is 0.343 e. The summed E-state index contributed by atoms with van der Waals surface area (Å²) in [5, 5.41) is 9.92. The van der Waals surface area contributed by atoms with Crippen LogP contribution in [0.5, 0.6) is 5.75 Å². The molecule has 0 aliphatic rings. The molecule has 126 valence electrons. The van der Waals surface area contributed by atoms with Gasteiger partial charge in [0.1, 0.15) is 5.75 Å². The van der Waals surface area contributed by atoms with Crippen LogP contribution in [-0.4, -0.2) is 5.97 Å². The van der Waals surface area contributed by atoms with Gasteiger partial charge in [0.05, 0.1) is 17.2 Å². The maximum Gasteiger partial charge on any atom is 0.343 e. The number of hydrogen-bond acceptors (Lipinski definition) is 3. The number of halogens is 1. The summed E-state index contributed by atoms with van der Waals surface area (Å²) in [4.78, 5) is 12.1. The molecule has 3 aromatic rings. The number of benzene rings is 3. The highest BCUT2D eigenvalue weighted by Gasteiger charge is 2.08. The summed E-state index contributed by atoms with van der Waals surface area (Å²) in [5.41, 5.74) is 2.69. The third kappa shape index (κ3) is 4.38. The van der Waals surface area contributed by atoms with Crippen LogP contribution in [0.4, 0.5) is 0 Å². The van der Waals surface area contributed by atoms with Gasteiger partial charge in [0.25, 0.3) is 0 Å². The minimum Gasteiger partial charge on any atom is -0.423 e. The molecule has 0 heterocycles. The van der Waals surface area contributed by atoms with E-state index in [0.717, 1.165) is 11.1 Å². The molecule has 0 aliphatic heterocycles. The summed E-state index contributed by atoms with van der Waals surface area (Å²) in [6.07, 6.45) is 1.79. The number of carbonyl (C=O) groups is 1. The molecule has 3 rings (SSSR count). The summed E-state index contributed by atoms with van der Waals surface area (Å²) in [6, 6.07) is 25.1. The van der Waals surface area contributed by atoms with Crippen LogP contribution in [0.1, 0.15) is 21.5 Å². The highest BCUT2D eigenvalue weighted by Crippen LogP contribution is 2.20. The third-order valence-electron chi connectivity index (χ3n) is 3.69. The van der Waals surface area contributed by atoms with Crippen LogP contribution in [0.2, 0.25) is 5.02 Å². The molecule has 0 saturated heterocycles. The van der Waals surface area contributed by atoms with Crippen LogP contribution in [0.3, 0.4) is 0 Å². The van der Waals surface area contributed by atoms with E-state index in [1.807, 2.05) is 30.3 Å². The Morgan fingerprint density at radius 1 is 0.885 bits per heavy atom. The lowest BCUT2D eigenvalue weighted by molar-refractivity contribution is 0.0735. The standard InChI is InChI=1S/C22H14ClNO2/c23-20-10-8-18(9-11-20)22(25)26-21-12-6-16(7-13-21)14-19(15-24)17-4-2-1-3-5-17/h1-14H/b19-14-. The monoisotopic (exact) mass is 359 g/mol. The Morgan fingerprint density at radius 3 is 2.15 bits per heavy atom. The molecule has 26 heavy (non-hydrogen) atoms. The summed E-state index contributed by atoms with van der Waals surface area (Å²) >= 11 is 5.81. The van der Waals surface area contributed by atoms with E-state index in [1.54, 1.807) is 54.6 Å². The van der Waals surface area contributed by atoms with Crippen molar-refractivity contribution >= 4 is 29.2 Å². The Balaban J connectivity index is 1.74. The summed E-state index contributed by atoms with van der Waals surface area (Å²) in [6.45, 7) is 0. The van der Waals surface area contributed by atoms with Gasteiger partial charge < -0.3 is 4.74 Å². The first-order valence-corrected chi connectivity index (χ1v) is 8.28. The Bertz CT molecular complexity index is 969. The fourth-order valence-electron chi connectivity index (χ4n) is 2.35. The molecule has 0 aromatic heterocycles. The predicted octanol–water partition coefficient (Wildman–Crippen LogP) is 5.62. The highest BCUT2D eigenvalue weighted by molar-refractivity contribution is 6.30. The molecule has 0 spiro atoms. The molecule has 0 unspecified atom stereocenters. The molecule has 4 heteroatoms. The fourth-order valence-corrected chi connectivity index (χ4v) is 2.47. The number of allylic oxidation sites excluding steroid dienone is 1. The van der Waals surface area contributed by atoms with Crippen molar-refractivity contribution in [1.29, 1.82) is 5.26 Å². The number of esters is 1. The molecular formula is C22H14ClNO2. The fraction of sp³-hybridized carbons (Fsp3) is 0. The van der Waals surface area contributed by atoms with E-state index < -0.39 is 5.97 Å². The molecule has 0 atom stereocenters. The molecule has 0 aliphatic carbocycles. The third-order valence-corrected chi connectivity index (χ3v) is 3.94. The molecule has 3 nitrogen and oxygen atoms in total. The van der Waals surface area contributed by atoms with Crippen molar-refractivity contribution in [2.45, 2.75) is 0 Å². The molecule has 0 radical (unpaired) electrons. The zero-order valence-corrected chi connectivity index (χ0v) is 14.5. The van der Waals surface area contributed by atoms with Gasteiger partial charge in [0, 0.05) is 5.02 Å². The number of nitrogens with zero attached hydrogens (tertiary/aromatic N) is 1. The first-order chi connectivity index (χ1) is 12.7. The number of ether oxygens (including phenoxy) is 1. The SMILES string of the molecule is N#C/C(=C/c1ccc(OC(=O)c2ccc(Cl)cc2)cc1)c1ccccc1. The van der Waals surface area contributed by atoms with Crippen molar-refractivity contribution < 1.29 is 9.53 Å². The van der Waals surface area contributed by atoms with E-state index in [9.17, 15) is 10.1 Å². The first kappa shape index (κ1) is 17.5. The van der Waals surface area contributed by atoms with Crippen LogP contribution in [0, 0.1) is 11.3 Å². The van der Waals surface area contributed by atoms with Crippen LogP contribution >= 0.6 is 11.6 Å². The quantitative estimate of drug-likeness (QED) is 0.263. The van der Waals surface area contributed by atoms with E-state index in [0.29, 0.717) is 21.9 Å². The van der Waals surface area contributed by atoms with E-state index in [2.05, 4.69) is 6.07 Å². The van der Waals surface area contributed by atoms with E-state index in [-0.39, 0.29) is 0 Å². The van der Waals surface area contributed by atoms with Gasteiger partial charge in [-0.3, -0.25) is 0 Å². The molecule has 0 amide bonds. The second-order valence-electron chi connectivity index (χ2n) is 5.50.